The van der Waals surface area contributed by atoms with Gasteiger partial charge in [0.05, 0.1) is 6.04 Å². The second-order valence-electron chi connectivity index (χ2n) is 4.77. The fourth-order valence-electron chi connectivity index (χ4n) is 2.34. The Morgan fingerprint density at radius 1 is 1.25 bits per heavy atom. The summed E-state index contributed by atoms with van der Waals surface area (Å²) in [7, 11) is 0. The molecule has 0 saturated carbocycles. The molecule has 1 unspecified atom stereocenters. The second kappa shape index (κ2) is 5.80. The Bertz CT molecular complexity index is 313. The van der Waals surface area contributed by atoms with E-state index < -0.39 is 0 Å². The van der Waals surface area contributed by atoms with Gasteiger partial charge in [0, 0.05) is 16.3 Å². The number of likely N-dealkylation sites (tertiary alicyclic amines) is 1. The quantitative estimate of drug-likeness (QED) is 0.877. The van der Waals surface area contributed by atoms with Crippen LogP contribution < -0.4 is 5.73 Å². The minimum absolute atomic E-state index is 0.205. The predicted molar refractivity (Wildman–Crippen MR) is 70.9 cm³/mol. The second-order valence-corrected chi connectivity index (χ2v) is 6.09. The van der Waals surface area contributed by atoms with Crippen LogP contribution in [0.2, 0.25) is 0 Å². The Morgan fingerprint density at radius 2 is 1.94 bits per heavy atom. The van der Waals surface area contributed by atoms with Gasteiger partial charge in [-0.1, -0.05) is 12.8 Å². The van der Waals surface area contributed by atoms with E-state index in [1.807, 2.05) is 11.3 Å². The number of thiophene rings is 1. The first-order valence-electron chi connectivity index (χ1n) is 6.30. The topological polar surface area (TPSA) is 29.3 Å². The third kappa shape index (κ3) is 3.30. The summed E-state index contributed by atoms with van der Waals surface area (Å²) in [6, 6.07) is 4.56. The maximum atomic E-state index is 6.26. The zero-order valence-electron chi connectivity index (χ0n) is 10.1. The SMILES string of the molecule is Cc1ccc(C(N)CN2CCCCCC2)s1. The summed E-state index contributed by atoms with van der Waals surface area (Å²) in [5, 5.41) is 0. The molecule has 0 amide bonds. The first-order valence-corrected chi connectivity index (χ1v) is 7.11. The Kier molecular flexibility index (Phi) is 4.38. The number of nitrogens with zero attached hydrogens (tertiary/aromatic N) is 1. The van der Waals surface area contributed by atoms with Crippen LogP contribution in [-0.4, -0.2) is 24.5 Å². The van der Waals surface area contributed by atoms with Crippen molar-refractivity contribution >= 4 is 11.3 Å². The number of aryl methyl sites for hydroxylation is 1. The molecular formula is C13H22N2S. The fourth-order valence-corrected chi connectivity index (χ4v) is 3.21. The van der Waals surface area contributed by atoms with Crippen molar-refractivity contribution in [3.8, 4) is 0 Å². The molecule has 3 heteroatoms. The smallest absolute Gasteiger partial charge is 0.0519 e. The van der Waals surface area contributed by atoms with Gasteiger partial charge in [0.1, 0.15) is 0 Å². The molecule has 0 spiro atoms. The monoisotopic (exact) mass is 238 g/mol. The van der Waals surface area contributed by atoms with E-state index in [4.69, 9.17) is 5.73 Å². The van der Waals surface area contributed by atoms with Crippen LogP contribution in [0.25, 0.3) is 0 Å². The summed E-state index contributed by atoms with van der Waals surface area (Å²) in [5.41, 5.74) is 6.26. The summed E-state index contributed by atoms with van der Waals surface area (Å²) in [5.74, 6) is 0. The van der Waals surface area contributed by atoms with Gasteiger partial charge in [0.25, 0.3) is 0 Å². The zero-order valence-corrected chi connectivity index (χ0v) is 10.9. The lowest BCUT2D eigenvalue weighted by atomic mass is 10.2. The Balaban J connectivity index is 1.88. The van der Waals surface area contributed by atoms with E-state index in [1.54, 1.807) is 0 Å². The van der Waals surface area contributed by atoms with Gasteiger partial charge >= 0.3 is 0 Å². The van der Waals surface area contributed by atoms with E-state index in [2.05, 4.69) is 24.0 Å². The van der Waals surface area contributed by atoms with Gasteiger partial charge in [-0.2, -0.15) is 0 Å². The largest absolute Gasteiger partial charge is 0.322 e. The number of hydrogen-bond acceptors (Lipinski definition) is 3. The van der Waals surface area contributed by atoms with Crippen LogP contribution in [-0.2, 0) is 0 Å². The van der Waals surface area contributed by atoms with E-state index in [0.717, 1.165) is 6.54 Å². The highest BCUT2D eigenvalue weighted by atomic mass is 32.1. The van der Waals surface area contributed by atoms with E-state index in [9.17, 15) is 0 Å². The normalized spacial score (nSPS) is 20.6. The molecule has 1 atom stereocenters. The molecule has 90 valence electrons. The molecule has 0 aromatic carbocycles. The Labute approximate surface area is 102 Å². The molecule has 1 aromatic heterocycles. The minimum Gasteiger partial charge on any atom is -0.322 e. The number of nitrogens with two attached hydrogens (primary N) is 1. The van der Waals surface area contributed by atoms with Crippen LogP contribution in [0.4, 0.5) is 0 Å². The molecule has 16 heavy (non-hydrogen) atoms. The van der Waals surface area contributed by atoms with Crippen LogP contribution >= 0.6 is 11.3 Å². The summed E-state index contributed by atoms with van der Waals surface area (Å²) < 4.78 is 0. The maximum absolute atomic E-state index is 6.26. The van der Waals surface area contributed by atoms with Gasteiger partial charge in [0.2, 0.25) is 0 Å². The molecule has 1 fully saturated rings. The molecule has 1 aromatic rings. The molecular weight excluding hydrogens is 216 g/mol. The molecule has 0 bridgehead atoms. The van der Waals surface area contributed by atoms with Crippen LogP contribution in [0.1, 0.15) is 41.5 Å². The lowest BCUT2D eigenvalue weighted by molar-refractivity contribution is 0.269. The van der Waals surface area contributed by atoms with Crippen molar-refractivity contribution in [2.24, 2.45) is 5.73 Å². The van der Waals surface area contributed by atoms with Crippen molar-refractivity contribution < 1.29 is 0 Å². The van der Waals surface area contributed by atoms with Crippen molar-refractivity contribution in [1.29, 1.82) is 0 Å². The van der Waals surface area contributed by atoms with E-state index >= 15 is 0 Å². The van der Waals surface area contributed by atoms with Crippen LogP contribution in [0, 0.1) is 6.92 Å². The first kappa shape index (κ1) is 12.1. The van der Waals surface area contributed by atoms with Crippen molar-refractivity contribution in [3.05, 3.63) is 21.9 Å². The van der Waals surface area contributed by atoms with Gasteiger partial charge in [-0.15, -0.1) is 11.3 Å². The van der Waals surface area contributed by atoms with Crippen molar-refractivity contribution in [1.82, 2.24) is 4.90 Å². The van der Waals surface area contributed by atoms with Gasteiger partial charge in [0.15, 0.2) is 0 Å². The molecule has 2 N–H and O–H groups in total. The summed E-state index contributed by atoms with van der Waals surface area (Å²) in [6.07, 6.45) is 5.47. The first-order chi connectivity index (χ1) is 7.75. The Hall–Kier alpha value is -0.380. The average molecular weight is 238 g/mol. The van der Waals surface area contributed by atoms with Crippen molar-refractivity contribution in [2.45, 2.75) is 38.6 Å². The molecule has 0 aliphatic carbocycles. The molecule has 1 saturated heterocycles. The third-order valence-electron chi connectivity index (χ3n) is 3.28. The highest BCUT2D eigenvalue weighted by molar-refractivity contribution is 7.12. The highest BCUT2D eigenvalue weighted by Crippen LogP contribution is 2.22. The summed E-state index contributed by atoms with van der Waals surface area (Å²) >= 11 is 1.84. The van der Waals surface area contributed by atoms with Gasteiger partial charge < -0.3 is 10.6 Å². The standard InChI is InChI=1S/C13H22N2S/c1-11-6-7-13(16-11)12(14)10-15-8-4-2-3-5-9-15/h6-7,12H,2-5,8-10,14H2,1H3. The van der Waals surface area contributed by atoms with Crippen LogP contribution in [0.3, 0.4) is 0 Å². The third-order valence-corrected chi connectivity index (χ3v) is 4.41. The highest BCUT2D eigenvalue weighted by Gasteiger charge is 2.15. The predicted octanol–water partition coefficient (Wildman–Crippen LogP) is 2.93. The maximum Gasteiger partial charge on any atom is 0.0519 e. The average Bonchev–Trinajstić information content (AvgIpc) is 2.54. The Morgan fingerprint density at radius 3 is 2.50 bits per heavy atom. The summed E-state index contributed by atoms with van der Waals surface area (Å²) in [6.45, 7) is 5.64. The van der Waals surface area contributed by atoms with Crippen molar-refractivity contribution in [3.63, 3.8) is 0 Å². The molecule has 2 nitrogen and oxygen atoms in total. The molecule has 2 rings (SSSR count). The molecule has 0 radical (unpaired) electrons. The fraction of sp³-hybridized carbons (Fsp3) is 0.692. The zero-order chi connectivity index (χ0) is 11.4. The lowest BCUT2D eigenvalue weighted by Gasteiger charge is -2.23. The number of hydrogen-bond donors (Lipinski definition) is 1. The molecule has 1 aliphatic heterocycles. The lowest BCUT2D eigenvalue weighted by Crippen LogP contribution is -2.32. The minimum atomic E-state index is 0.205. The van der Waals surface area contributed by atoms with Gasteiger partial charge in [-0.05, 0) is 45.0 Å². The van der Waals surface area contributed by atoms with Crippen molar-refractivity contribution in [2.75, 3.05) is 19.6 Å². The van der Waals surface area contributed by atoms with Gasteiger partial charge in [-0.3, -0.25) is 0 Å². The molecule has 2 heterocycles. The van der Waals surface area contributed by atoms with E-state index in [-0.39, 0.29) is 6.04 Å². The van der Waals surface area contributed by atoms with E-state index in [0.29, 0.717) is 0 Å². The van der Waals surface area contributed by atoms with E-state index in [1.165, 1.54) is 48.5 Å². The number of rotatable bonds is 3. The van der Waals surface area contributed by atoms with Gasteiger partial charge in [-0.25, -0.2) is 0 Å². The summed E-state index contributed by atoms with van der Waals surface area (Å²) in [4.78, 5) is 5.23. The van der Waals surface area contributed by atoms with Crippen LogP contribution in [0.5, 0.6) is 0 Å². The van der Waals surface area contributed by atoms with Crippen LogP contribution in [0.15, 0.2) is 12.1 Å². The molecule has 1 aliphatic rings.